The predicted molar refractivity (Wildman–Crippen MR) is 117 cm³/mol. The first-order valence-corrected chi connectivity index (χ1v) is 10.3. The molecule has 2 aromatic heterocycles. The fourth-order valence-electron chi connectivity index (χ4n) is 3.47. The molecule has 0 saturated heterocycles. The van der Waals surface area contributed by atoms with Crippen molar-refractivity contribution in [2.45, 2.75) is 6.10 Å². The maximum Gasteiger partial charge on any atom is 0.339 e. The monoisotopic (exact) mass is 412 g/mol. The van der Waals surface area contributed by atoms with Crippen LogP contribution in [0.2, 0.25) is 0 Å². The van der Waals surface area contributed by atoms with Crippen molar-refractivity contribution in [1.82, 2.24) is 9.97 Å². The number of aromatic amines is 1. The zero-order valence-corrected chi connectivity index (χ0v) is 16.6. The minimum Gasteiger partial charge on any atom is -0.445 e. The number of ether oxygens (including phenoxy) is 1. The molecule has 146 valence electrons. The number of benzene rings is 3. The van der Waals surface area contributed by atoms with Crippen molar-refractivity contribution in [2.24, 2.45) is 0 Å². The van der Waals surface area contributed by atoms with Gasteiger partial charge in [0.15, 0.2) is 6.10 Å². The number of Topliss-reactive ketones (excluding diaryl/α,β-unsaturated/α-hetero) is 1. The smallest absolute Gasteiger partial charge is 0.339 e. The maximum atomic E-state index is 13.5. The van der Waals surface area contributed by atoms with E-state index in [2.05, 4.69) is 9.97 Å². The standard InChI is InChI=1S/C24H16N2O3S/c27-22(18-13-25-19-9-5-4-8-17(18)19)23(15-6-2-1-3-7-15)29-24(28)16-10-11-20-21(12-16)30-14-26-20/h1-14,23,25H/t23-/m0/s1. The van der Waals surface area contributed by atoms with Crippen LogP contribution in [0.4, 0.5) is 0 Å². The quantitative estimate of drug-likeness (QED) is 0.303. The number of carbonyl (C=O) groups is 2. The SMILES string of the molecule is O=C(O[C@H](C(=O)c1c[nH]c2ccccc12)c1ccccc1)c1ccc2ncsc2c1. The van der Waals surface area contributed by atoms with Crippen LogP contribution in [0, 0.1) is 0 Å². The van der Waals surface area contributed by atoms with E-state index in [1.807, 2.05) is 42.5 Å². The van der Waals surface area contributed by atoms with Gasteiger partial charge in [-0.1, -0.05) is 48.5 Å². The molecule has 0 saturated carbocycles. The highest BCUT2D eigenvalue weighted by Gasteiger charge is 2.28. The van der Waals surface area contributed by atoms with E-state index in [4.69, 9.17) is 4.74 Å². The van der Waals surface area contributed by atoms with E-state index in [1.54, 1.807) is 42.0 Å². The largest absolute Gasteiger partial charge is 0.445 e. The molecular weight excluding hydrogens is 396 g/mol. The Morgan fingerprint density at radius 1 is 0.967 bits per heavy atom. The average Bonchev–Trinajstić information content (AvgIpc) is 3.44. The molecule has 30 heavy (non-hydrogen) atoms. The van der Waals surface area contributed by atoms with Gasteiger partial charge in [0.2, 0.25) is 5.78 Å². The summed E-state index contributed by atoms with van der Waals surface area (Å²) in [5, 5.41) is 0.797. The number of thiazole rings is 1. The normalized spacial score (nSPS) is 12.1. The van der Waals surface area contributed by atoms with E-state index in [0.717, 1.165) is 21.1 Å². The van der Waals surface area contributed by atoms with Crippen molar-refractivity contribution in [3.05, 3.63) is 101 Å². The van der Waals surface area contributed by atoms with Crippen LogP contribution in [0.3, 0.4) is 0 Å². The maximum absolute atomic E-state index is 13.5. The Labute approximate surface area is 176 Å². The Morgan fingerprint density at radius 3 is 2.63 bits per heavy atom. The topological polar surface area (TPSA) is 72.1 Å². The number of esters is 1. The first kappa shape index (κ1) is 18.3. The second kappa shape index (κ2) is 7.57. The van der Waals surface area contributed by atoms with Crippen molar-refractivity contribution in [1.29, 1.82) is 0 Å². The van der Waals surface area contributed by atoms with Gasteiger partial charge >= 0.3 is 5.97 Å². The molecule has 0 amide bonds. The molecule has 1 atom stereocenters. The fourth-order valence-corrected chi connectivity index (χ4v) is 4.19. The summed E-state index contributed by atoms with van der Waals surface area (Å²) in [7, 11) is 0. The number of hydrogen-bond acceptors (Lipinski definition) is 5. The van der Waals surface area contributed by atoms with Crippen LogP contribution < -0.4 is 0 Å². The molecule has 0 aliphatic rings. The Kier molecular flexibility index (Phi) is 4.61. The van der Waals surface area contributed by atoms with Gasteiger partial charge in [0.25, 0.3) is 0 Å². The number of rotatable bonds is 5. The number of nitrogens with one attached hydrogen (secondary N) is 1. The average molecular weight is 412 g/mol. The Bertz CT molecular complexity index is 1370. The molecule has 6 heteroatoms. The first-order chi connectivity index (χ1) is 14.7. The summed E-state index contributed by atoms with van der Waals surface area (Å²) in [5.41, 5.74) is 4.91. The zero-order chi connectivity index (χ0) is 20.5. The number of nitrogens with zero attached hydrogens (tertiary/aromatic N) is 1. The van der Waals surface area contributed by atoms with Crippen molar-refractivity contribution in [3.8, 4) is 0 Å². The lowest BCUT2D eigenvalue weighted by molar-refractivity contribution is 0.0281. The number of carbonyl (C=O) groups excluding carboxylic acids is 2. The minimum absolute atomic E-state index is 0.272. The Morgan fingerprint density at radius 2 is 1.77 bits per heavy atom. The summed E-state index contributed by atoms with van der Waals surface area (Å²) in [5.74, 6) is -0.821. The third kappa shape index (κ3) is 3.27. The third-order valence-corrected chi connectivity index (χ3v) is 5.78. The van der Waals surface area contributed by atoms with Crippen LogP contribution in [0.15, 0.2) is 84.5 Å². The van der Waals surface area contributed by atoms with Crippen LogP contribution in [0.5, 0.6) is 0 Å². The van der Waals surface area contributed by atoms with Crippen molar-refractivity contribution >= 4 is 44.2 Å². The molecule has 2 heterocycles. The zero-order valence-electron chi connectivity index (χ0n) is 15.7. The number of fused-ring (bicyclic) bond motifs is 2. The molecule has 3 aromatic carbocycles. The van der Waals surface area contributed by atoms with Gasteiger partial charge in [0.05, 0.1) is 21.3 Å². The summed E-state index contributed by atoms with van der Waals surface area (Å²) in [6, 6.07) is 21.8. The molecule has 5 aromatic rings. The predicted octanol–water partition coefficient (Wildman–Crippen LogP) is 5.56. The van der Waals surface area contributed by atoms with E-state index in [1.165, 1.54) is 11.3 Å². The lowest BCUT2D eigenvalue weighted by Gasteiger charge is -2.17. The summed E-state index contributed by atoms with van der Waals surface area (Å²) in [6.07, 6.45) is 0.621. The minimum atomic E-state index is -1.05. The molecule has 5 rings (SSSR count). The number of para-hydroxylation sites is 1. The van der Waals surface area contributed by atoms with E-state index in [9.17, 15) is 9.59 Å². The molecule has 0 fully saturated rings. The van der Waals surface area contributed by atoms with E-state index in [0.29, 0.717) is 16.7 Å². The molecule has 5 nitrogen and oxygen atoms in total. The number of H-pyrrole nitrogens is 1. The molecule has 0 aliphatic carbocycles. The molecule has 0 spiro atoms. The summed E-state index contributed by atoms with van der Waals surface area (Å²) < 4.78 is 6.66. The highest BCUT2D eigenvalue weighted by atomic mass is 32.1. The highest BCUT2D eigenvalue weighted by Crippen LogP contribution is 2.28. The third-order valence-electron chi connectivity index (χ3n) is 4.99. The van der Waals surface area contributed by atoms with E-state index >= 15 is 0 Å². The molecule has 1 N–H and O–H groups in total. The number of ketones is 1. The van der Waals surface area contributed by atoms with Crippen LogP contribution in [0.1, 0.15) is 32.4 Å². The van der Waals surface area contributed by atoms with Gasteiger partial charge in [-0.3, -0.25) is 4.79 Å². The van der Waals surface area contributed by atoms with Gasteiger partial charge in [-0.05, 0) is 24.3 Å². The first-order valence-electron chi connectivity index (χ1n) is 9.40. The van der Waals surface area contributed by atoms with Crippen molar-refractivity contribution < 1.29 is 14.3 Å². The van der Waals surface area contributed by atoms with Crippen LogP contribution in [0.25, 0.3) is 21.1 Å². The molecule has 0 radical (unpaired) electrons. The second-order valence-electron chi connectivity index (χ2n) is 6.84. The van der Waals surface area contributed by atoms with Crippen molar-refractivity contribution in [3.63, 3.8) is 0 Å². The van der Waals surface area contributed by atoms with Crippen LogP contribution in [-0.2, 0) is 4.74 Å². The molecule has 0 bridgehead atoms. The van der Waals surface area contributed by atoms with Gasteiger partial charge in [-0.15, -0.1) is 11.3 Å². The lowest BCUT2D eigenvalue weighted by Crippen LogP contribution is -2.20. The van der Waals surface area contributed by atoms with Gasteiger partial charge in [0.1, 0.15) is 0 Å². The van der Waals surface area contributed by atoms with Gasteiger partial charge < -0.3 is 9.72 Å². The molecular formula is C24H16N2O3S. The number of aromatic nitrogens is 2. The van der Waals surface area contributed by atoms with Crippen LogP contribution >= 0.6 is 11.3 Å². The fraction of sp³-hybridized carbons (Fsp3) is 0.0417. The summed E-state index contributed by atoms with van der Waals surface area (Å²) in [4.78, 5) is 33.7. The molecule has 0 unspecified atom stereocenters. The van der Waals surface area contributed by atoms with E-state index < -0.39 is 12.1 Å². The lowest BCUT2D eigenvalue weighted by atomic mass is 9.99. The van der Waals surface area contributed by atoms with Gasteiger partial charge in [-0.25, -0.2) is 9.78 Å². The summed E-state index contributed by atoms with van der Waals surface area (Å²) in [6.45, 7) is 0. The second-order valence-corrected chi connectivity index (χ2v) is 7.73. The van der Waals surface area contributed by atoms with Gasteiger partial charge in [0, 0.05) is 28.2 Å². The summed E-state index contributed by atoms with van der Waals surface area (Å²) >= 11 is 1.45. The van der Waals surface area contributed by atoms with E-state index in [-0.39, 0.29) is 5.78 Å². The van der Waals surface area contributed by atoms with Crippen LogP contribution in [-0.4, -0.2) is 21.7 Å². The Balaban J connectivity index is 1.52. The molecule has 0 aliphatic heterocycles. The van der Waals surface area contributed by atoms with Gasteiger partial charge in [-0.2, -0.15) is 0 Å². The number of hydrogen-bond donors (Lipinski definition) is 1. The highest BCUT2D eigenvalue weighted by molar-refractivity contribution is 7.16. The Hall–Kier alpha value is -3.77. The van der Waals surface area contributed by atoms with Crippen molar-refractivity contribution in [2.75, 3.05) is 0 Å².